The monoisotopic (exact) mass is 402 g/mol. The van der Waals surface area contributed by atoms with Gasteiger partial charge in [0, 0.05) is 3.57 Å². The first-order chi connectivity index (χ1) is 10.0. The number of carboxylic acids is 1. The molecule has 1 aromatic carbocycles. The number of halogens is 1. The van der Waals surface area contributed by atoms with Crippen LogP contribution in [0.5, 0.6) is 23.5 Å². The smallest absolute Gasteiger partial charge is 0.340 e. The minimum atomic E-state index is -1.09. The highest BCUT2D eigenvalue weighted by atomic mass is 127. The molecular formula is C13H11IN2O5. The van der Waals surface area contributed by atoms with E-state index in [1.54, 1.807) is 12.1 Å². The average molecular weight is 402 g/mol. The lowest BCUT2D eigenvalue weighted by atomic mass is 10.2. The van der Waals surface area contributed by atoms with Gasteiger partial charge in [-0.1, -0.05) is 6.07 Å². The number of hydrogen-bond acceptors (Lipinski definition) is 6. The van der Waals surface area contributed by atoms with E-state index in [2.05, 4.69) is 9.97 Å². The van der Waals surface area contributed by atoms with E-state index in [4.69, 9.17) is 14.2 Å². The molecule has 110 valence electrons. The van der Waals surface area contributed by atoms with Crippen LogP contribution in [0.2, 0.25) is 0 Å². The molecule has 0 spiro atoms. The highest BCUT2D eigenvalue weighted by Gasteiger charge is 2.17. The Kier molecular flexibility index (Phi) is 4.78. The molecule has 0 aliphatic heterocycles. The highest BCUT2D eigenvalue weighted by Crippen LogP contribution is 2.29. The van der Waals surface area contributed by atoms with E-state index in [0.717, 1.165) is 0 Å². The molecule has 21 heavy (non-hydrogen) atoms. The first kappa shape index (κ1) is 15.3. The van der Waals surface area contributed by atoms with Crippen LogP contribution in [0.3, 0.4) is 0 Å². The lowest BCUT2D eigenvalue weighted by Crippen LogP contribution is -2.04. The molecule has 8 heteroatoms. The number of aromatic nitrogens is 2. The Hall–Kier alpha value is -2.10. The third-order valence-corrected chi connectivity index (χ3v) is 3.37. The quantitative estimate of drug-likeness (QED) is 0.769. The second-order valence-corrected chi connectivity index (χ2v) is 4.92. The van der Waals surface area contributed by atoms with Gasteiger partial charge in [0.15, 0.2) is 0 Å². The molecule has 0 atom stereocenters. The molecule has 1 N–H and O–H groups in total. The zero-order valence-electron chi connectivity index (χ0n) is 11.2. The minimum absolute atomic E-state index is 0.0449. The normalized spacial score (nSPS) is 10.0. The van der Waals surface area contributed by atoms with E-state index < -0.39 is 5.97 Å². The van der Waals surface area contributed by atoms with Crippen molar-refractivity contribution in [3.05, 3.63) is 33.4 Å². The van der Waals surface area contributed by atoms with E-state index in [-0.39, 0.29) is 29.1 Å². The van der Waals surface area contributed by atoms with E-state index in [0.29, 0.717) is 3.57 Å². The molecule has 0 unspecified atom stereocenters. The standard InChI is InChI=1S/C13H11IN2O5/c1-19-9-6-10(20-2)16-13(15-9)21-8-5-3-4-7(14)11(8)12(17)18/h3-6H,1-2H3,(H,17,18). The molecule has 0 saturated heterocycles. The number of carbonyl (C=O) groups is 1. The number of methoxy groups -OCH3 is 2. The Bertz CT molecular complexity index is 655. The molecule has 0 fully saturated rings. The second kappa shape index (κ2) is 6.57. The van der Waals surface area contributed by atoms with Gasteiger partial charge >= 0.3 is 12.0 Å². The van der Waals surface area contributed by atoms with Gasteiger partial charge in [-0.05, 0) is 34.7 Å². The molecule has 0 amide bonds. The summed E-state index contributed by atoms with van der Waals surface area (Å²) in [7, 11) is 2.89. The van der Waals surface area contributed by atoms with Gasteiger partial charge in [-0.3, -0.25) is 0 Å². The van der Waals surface area contributed by atoms with Crippen LogP contribution in [0, 0.1) is 3.57 Å². The summed E-state index contributed by atoms with van der Waals surface area (Å²) in [5.41, 5.74) is 0.0449. The van der Waals surface area contributed by atoms with Crippen molar-refractivity contribution >= 4 is 28.6 Å². The molecule has 2 rings (SSSR count). The number of ether oxygens (including phenoxy) is 3. The Labute approximate surface area is 134 Å². The van der Waals surface area contributed by atoms with Crippen LogP contribution in [-0.2, 0) is 0 Å². The fourth-order valence-electron chi connectivity index (χ4n) is 1.53. The number of rotatable bonds is 5. The maximum absolute atomic E-state index is 11.3. The van der Waals surface area contributed by atoms with Crippen molar-refractivity contribution in [3.8, 4) is 23.5 Å². The number of benzene rings is 1. The summed E-state index contributed by atoms with van der Waals surface area (Å²) in [6.45, 7) is 0. The first-order valence-corrected chi connectivity index (χ1v) is 6.79. The van der Waals surface area contributed by atoms with E-state index >= 15 is 0 Å². The summed E-state index contributed by atoms with van der Waals surface area (Å²) < 4.78 is 16.0. The predicted molar refractivity (Wildman–Crippen MR) is 81.3 cm³/mol. The average Bonchev–Trinajstić information content (AvgIpc) is 2.46. The molecule has 0 aliphatic carbocycles. The van der Waals surface area contributed by atoms with Gasteiger partial charge in [-0.2, -0.15) is 9.97 Å². The van der Waals surface area contributed by atoms with Gasteiger partial charge < -0.3 is 19.3 Å². The van der Waals surface area contributed by atoms with Gasteiger partial charge in [0.25, 0.3) is 0 Å². The van der Waals surface area contributed by atoms with Gasteiger partial charge in [0.2, 0.25) is 11.8 Å². The maximum atomic E-state index is 11.3. The Morgan fingerprint density at radius 3 is 2.33 bits per heavy atom. The maximum Gasteiger partial charge on any atom is 0.340 e. The summed E-state index contributed by atoms with van der Waals surface area (Å²) in [6.07, 6.45) is 0. The van der Waals surface area contributed by atoms with Crippen molar-refractivity contribution in [1.82, 2.24) is 9.97 Å². The van der Waals surface area contributed by atoms with Crippen molar-refractivity contribution in [3.63, 3.8) is 0 Å². The van der Waals surface area contributed by atoms with Crippen molar-refractivity contribution in [2.24, 2.45) is 0 Å². The first-order valence-electron chi connectivity index (χ1n) is 5.72. The highest BCUT2D eigenvalue weighted by molar-refractivity contribution is 14.1. The molecule has 7 nitrogen and oxygen atoms in total. The molecule has 1 heterocycles. The van der Waals surface area contributed by atoms with Crippen molar-refractivity contribution in [2.75, 3.05) is 14.2 Å². The molecule has 0 aliphatic rings. The SMILES string of the molecule is COc1cc(OC)nc(Oc2cccc(I)c2C(=O)O)n1. The fraction of sp³-hybridized carbons (Fsp3) is 0.154. The lowest BCUT2D eigenvalue weighted by Gasteiger charge is -2.10. The molecule has 1 aromatic heterocycles. The second-order valence-electron chi connectivity index (χ2n) is 3.76. The molecule has 2 aromatic rings. The van der Waals surface area contributed by atoms with Gasteiger partial charge in [-0.15, -0.1) is 0 Å². The molecule has 0 saturated carbocycles. The topological polar surface area (TPSA) is 90.8 Å². The van der Waals surface area contributed by atoms with Crippen LogP contribution >= 0.6 is 22.6 Å². The zero-order valence-corrected chi connectivity index (χ0v) is 13.3. The van der Waals surface area contributed by atoms with Crippen LogP contribution in [0.1, 0.15) is 10.4 Å². The van der Waals surface area contributed by atoms with Gasteiger partial charge in [-0.25, -0.2) is 4.79 Å². The van der Waals surface area contributed by atoms with Crippen LogP contribution in [-0.4, -0.2) is 35.3 Å². The van der Waals surface area contributed by atoms with Crippen molar-refractivity contribution in [1.29, 1.82) is 0 Å². The lowest BCUT2D eigenvalue weighted by molar-refractivity contribution is 0.0693. The molecule has 0 radical (unpaired) electrons. The molecular weight excluding hydrogens is 391 g/mol. The van der Waals surface area contributed by atoms with Crippen molar-refractivity contribution < 1.29 is 24.1 Å². The van der Waals surface area contributed by atoms with E-state index in [9.17, 15) is 9.90 Å². The van der Waals surface area contributed by atoms with Gasteiger partial charge in [0.1, 0.15) is 11.3 Å². The van der Waals surface area contributed by atoms with E-state index in [1.165, 1.54) is 26.4 Å². The Morgan fingerprint density at radius 1 is 1.19 bits per heavy atom. The zero-order chi connectivity index (χ0) is 15.4. The third kappa shape index (κ3) is 3.51. The predicted octanol–water partition coefficient (Wildman–Crippen LogP) is 2.59. The van der Waals surface area contributed by atoms with Crippen LogP contribution in [0.25, 0.3) is 0 Å². The van der Waals surface area contributed by atoms with Crippen LogP contribution in [0.15, 0.2) is 24.3 Å². The summed E-state index contributed by atoms with van der Waals surface area (Å²) in [4.78, 5) is 19.3. The molecule has 0 bridgehead atoms. The largest absolute Gasteiger partial charge is 0.481 e. The third-order valence-electron chi connectivity index (χ3n) is 2.47. The number of nitrogens with zero attached hydrogens (tertiary/aromatic N) is 2. The van der Waals surface area contributed by atoms with Crippen molar-refractivity contribution in [2.45, 2.75) is 0 Å². The van der Waals surface area contributed by atoms with E-state index in [1.807, 2.05) is 22.6 Å². The fourth-order valence-corrected chi connectivity index (χ4v) is 2.24. The number of hydrogen-bond donors (Lipinski definition) is 1. The Balaban J connectivity index is 2.43. The van der Waals surface area contributed by atoms with Crippen LogP contribution in [0.4, 0.5) is 0 Å². The summed E-state index contributed by atoms with van der Waals surface area (Å²) >= 11 is 1.92. The number of carboxylic acid groups (broad SMARTS) is 1. The summed E-state index contributed by atoms with van der Waals surface area (Å²) in [6, 6.07) is 6.31. The van der Waals surface area contributed by atoms with Crippen LogP contribution < -0.4 is 14.2 Å². The summed E-state index contributed by atoms with van der Waals surface area (Å²) in [5, 5.41) is 9.25. The number of aromatic carboxylic acids is 1. The van der Waals surface area contributed by atoms with Gasteiger partial charge in [0.05, 0.1) is 20.3 Å². The minimum Gasteiger partial charge on any atom is -0.481 e. The summed E-state index contributed by atoms with van der Waals surface area (Å²) in [5.74, 6) is -0.451. The Morgan fingerprint density at radius 2 is 1.81 bits per heavy atom.